The summed E-state index contributed by atoms with van der Waals surface area (Å²) in [4.78, 5) is 19.8. The summed E-state index contributed by atoms with van der Waals surface area (Å²) in [5.41, 5.74) is 7.32. The zero-order valence-electron chi connectivity index (χ0n) is 9.50. The Morgan fingerprint density at radius 2 is 1.94 bits per heavy atom. The van der Waals surface area contributed by atoms with E-state index in [1.54, 1.807) is 24.5 Å². The minimum absolute atomic E-state index is 0.0556. The number of nitrogens with two attached hydrogens (primary N) is 1. The first-order chi connectivity index (χ1) is 8.20. The molecule has 1 amide bonds. The highest BCUT2D eigenvalue weighted by Gasteiger charge is 2.17. The van der Waals surface area contributed by atoms with E-state index in [0.29, 0.717) is 11.3 Å². The minimum atomic E-state index is -0.462. The highest BCUT2D eigenvalue weighted by Crippen LogP contribution is 2.22. The largest absolute Gasteiger partial charge is 0.366 e. The predicted molar refractivity (Wildman–Crippen MR) is 64.5 cm³/mol. The van der Waals surface area contributed by atoms with Crippen LogP contribution in [0.3, 0.4) is 0 Å². The van der Waals surface area contributed by atoms with Crippen molar-refractivity contribution in [2.24, 2.45) is 5.73 Å². The van der Waals surface area contributed by atoms with Gasteiger partial charge in [-0.05, 0) is 24.3 Å². The lowest BCUT2D eigenvalue weighted by Gasteiger charge is -2.12. The van der Waals surface area contributed by atoms with E-state index in [9.17, 15) is 4.79 Å². The topological polar surface area (TPSA) is 68.9 Å². The Balaban J connectivity index is 2.44. The van der Waals surface area contributed by atoms with Crippen LogP contribution in [0.4, 0.5) is 0 Å². The Morgan fingerprint density at radius 1 is 1.18 bits per heavy atom. The second-order valence-electron chi connectivity index (χ2n) is 3.78. The summed E-state index contributed by atoms with van der Waals surface area (Å²) in [5, 5.41) is 0. The summed E-state index contributed by atoms with van der Waals surface area (Å²) in [6.07, 6.45) is 3.37. The van der Waals surface area contributed by atoms with Crippen molar-refractivity contribution in [3.8, 4) is 0 Å². The first kappa shape index (κ1) is 11.3. The Labute approximate surface area is 99.5 Å². The van der Waals surface area contributed by atoms with Crippen LogP contribution in [0.25, 0.3) is 0 Å². The monoisotopic (exact) mass is 227 g/mol. The van der Waals surface area contributed by atoms with Gasteiger partial charge in [-0.1, -0.05) is 13.0 Å². The van der Waals surface area contributed by atoms with Gasteiger partial charge in [0.15, 0.2) is 0 Å². The number of pyridine rings is 2. The van der Waals surface area contributed by atoms with Crippen LogP contribution in [0.2, 0.25) is 0 Å². The molecule has 0 bridgehead atoms. The fraction of sp³-hybridized carbons (Fsp3) is 0.154. The number of hydrogen-bond donors (Lipinski definition) is 1. The first-order valence-electron chi connectivity index (χ1n) is 5.36. The van der Waals surface area contributed by atoms with Gasteiger partial charge in [0.25, 0.3) is 5.91 Å². The van der Waals surface area contributed by atoms with Crippen LogP contribution >= 0.6 is 0 Å². The van der Waals surface area contributed by atoms with Gasteiger partial charge in [0, 0.05) is 24.0 Å². The number of amides is 1. The first-order valence-corrected chi connectivity index (χ1v) is 5.36. The molecule has 0 aromatic carbocycles. The van der Waals surface area contributed by atoms with Crippen LogP contribution in [-0.4, -0.2) is 15.9 Å². The van der Waals surface area contributed by atoms with Gasteiger partial charge in [0.2, 0.25) is 0 Å². The summed E-state index contributed by atoms with van der Waals surface area (Å²) >= 11 is 0. The molecule has 2 rings (SSSR count). The molecule has 1 atom stereocenters. The Kier molecular flexibility index (Phi) is 3.14. The summed E-state index contributed by atoms with van der Waals surface area (Å²) in [7, 11) is 0. The van der Waals surface area contributed by atoms with Crippen molar-refractivity contribution in [2.75, 3.05) is 0 Å². The lowest BCUT2D eigenvalue weighted by molar-refractivity contribution is 0.0998. The molecular formula is C13H13N3O. The van der Waals surface area contributed by atoms with Gasteiger partial charge in [0.1, 0.15) is 0 Å². The van der Waals surface area contributed by atoms with Crippen LogP contribution in [0.5, 0.6) is 0 Å². The maximum Gasteiger partial charge on any atom is 0.250 e. The molecule has 0 aliphatic carbocycles. The molecule has 0 radical (unpaired) electrons. The summed E-state index contributed by atoms with van der Waals surface area (Å²) in [6, 6.07) is 9.05. The quantitative estimate of drug-likeness (QED) is 0.868. The predicted octanol–water partition coefficient (Wildman–Crippen LogP) is 1.73. The lowest BCUT2D eigenvalue weighted by atomic mass is 9.98. The summed E-state index contributed by atoms with van der Waals surface area (Å²) in [6.45, 7) is 1.96. The zero-order chi connectivity index (χ0) is 12.3. The maximum absolute atomic E-state index is 11.3. The molecule has 0 aliphatic rings. The fourth-order valence-corrected chi connectivity index (χ4v) is 1.74. The number of hydrogen-bond acceptors (Lipinski definition) is 3. The van der Waals surface area contributed by atoms with Gasteiger partial charge in [-0.25, -0.2) is 0 Å². The molecule has 0 spiro atoms. The SMILES string of the molecule is C[C@H](c1ccccn1)c1ncccc1C(N)=O. The number of aromatic nitrogens is 2. The van der Waals surface area contributed by atoms with Gasteiger partial charge >= 0.3 is 0 Å². The minimum Gasteiger partial charge on any atom is -0.366 e. The summed E-state index contributed by atoms with van der Waals surface area (Å²) < 4.78 is 0. The highest BCUT2D eigenvalue weighted by molar-refractivity contribution is 5.94. The van der Waals surface area contributed by atoms with Crippen molar-refractivity contribution in [1.82, 2.24) is 9.97 Å². The number of rotatable bonds is 3. The average Bonchev–Trinajstić information content (AvgIpc) is 2.39. The van der Waals surface area contributed by atoms with E-state index in [0.717, 1.165) is 5.69 Å². The van der Waals surface area contributed by atoms with Gasteiger partial charge in [0.05, 0.1) is 11.3 Å². The van der Waals surface area contributed by atoms with Crippen LogP contribution < -0.4 is 5.73 Å². The van der Waals surface area contributed by atoms with Crippen molar-refractivity contribution in [3.63, 3.8) is 0 Å². The van der Waals surface area contributed by atoms with Crippen LogP contribution in [0.15, 0.2) is 42.7 Å². The van der Waals surface area contributed by atoms with Gasteiger partial charge in [-0.3, -0.25) is 14.8 Å². The molecule has 0 aliphatic heterocycles. The summed E-state index contributed by atoms with van der Waals surface area (Å²) in [5.74, 6) is -0.518. The van der Waals surface area contributed by atoms with Gasteiger partial charge in [-0.15, -0.1) is 0 Å². The number of carbonyl (C=O) groups is 1. The molecule has 0 saturated carbocycles. The third kappa shape index (κ3) is 2.30. The van der Waals surface area contributed by atoms with Crippen molar-refractivity contribution in [1.29, 1.82) is 0 Å². The molecule has 2 aromatic heterocycles. The average molecular weight is 227 g/mol. The van der Waals surface area contributed by atoms with Gasteiger partial charge in [-0.2, -0.15) is 0 Å². The lowest BCUT2D eigenvalue weighted by Crippen LogP contribution is -2.16. The Morgan fingerprint density at radius 3 is 2.59 bits per heavy atom. The zero-order valence-corrected chi connectivity index (χ0v) is 9.50. The number of nitrogens with zero attached hydrogens (tertiary/aromatic N) is 2. The molecule has 4 nitrogen and oxygen atoms in total. The standard InChI is InChI=1S/C13H13N3O/c1-9(11-6-2-3-7-15-11)12-10(13(14)17)5-4-8-16-12/h2-9H,1H3,(H2,14,17)/t9-/m1/s1. The van der Waals surface area contributed by atoms with E-state index in [2.05, 4.69) is 9.97 Å². The normalized spacial score (nSPS) is 12.1. The Bertz CT molecular complexity index is 525. The second kappa shape index (κ2) is 4.74. The van der Waals surface area contributed by atoms with Crippen LogP contribution in [0, 0.1) is 0 Å². The van der Waals surface area contributed by atoms with E-state index >= 15 is 0 Å². The molecule has 0 saturated heterocycles. The van der Waals surface area contributed by atoms with E-state index in [1.165, 1.54) is 0 Å². The Hall–Kier alpha value is -2.23. The molecule has 0 fully saturated rings. The van der Waals surface area contributed by atoms with Crippen LogP contribution in [0.1, 0.15) is 34.6 Å². The molecule has 0 unspecified atom stereocenters. The van der Waals surface area contributed by atoms with Crippen molar-refractivity contribution < 1.29 is 4.79 Å². The smallest absolute Gasteiger partial charge is 0.250 e. The van der Waals surface area contributed by atoms with Gasteiger partial charge < -0.3 is 5.73 Å². The van der Waals surface area contributed by atoms with Crippen molar-refractivity contribution >= 4 is 5.91 Å². The molecule has 4 heteroatoms. The van der Waals surface area contributed by atoms with E-state index in [4.69, 9.17) is 5.73 Å². The molecular weight excluding hydrogens is 214 g/mol. The van der Waals surface area contributed by atoms with Crippen molar-refractivity contribution in [3.05, 3.63) is 59.7 Å². The molecule has 86 valence electrons. The maximum atomic E-state index is 11.3. The number of carbonyl (C=O) groups excluding carboxylic acids is 1. The van der Waals surface area contributed by atoms with E-state index in [-0.39, 0.29) is 5.92 Å². The fourth-order valence-electron chi connectivity index (χ4n) is 1.74. The second-order valence-corrected chi connectivity index (χ2v) is 3.78. The molecule has 2 aromatic rings. The third-order valence-corrected chi connectivity index (χ3v) is 2.65. The molecule has 17 heavy (non-hydrogen) atoms. The van der Waals surface area contributed by atoms with E-state index < -0.39 is 5.91 Å². The van der Waals surface area contributed by atoms with Crippen LogP contribution in [-0.2, 0) is 0 Å². The van der Waals surface area contributed by atoms with Crippen molar-refractivity contribution in [2.45, 2.75) is 12.8 Å². The highest BCUT2D eigenvalue weighted by atomic mass is 16.1. The third-order valence-electron chi connectivity index (χ3n) is 2.65. The van der Waals surface area contributed by atoms with E-state index in [1.807, 2.05) is 25.1 Å². The molecule has 2 heterocycles. The molecule has 2 N–H and O–H groups in total. The number of primary amides is 1.